The number of alkyl halides is 3. The summed E-state index contributed by atoms with van der Waals surface area (Å²) in [5.41, 5.74) is -0.0615. The standard InChI is InChI=1S/C11H12BrCl3N2O2/c12-8-3-4-9(18)17(7-8)6-2-1-5-16-10(19)11(13,14)15/h3-4,7H,1-2,5-6H2,(H,16,19). The summed E-state index contributed by atoms with van der Waals surface area (Å²) in [6, 6.07) is 3.19. The topological polar surface area (TPSA) is 51.1 Å². The molecular formula is C11H12BrCl3N2O2. The van der Waals surface area contributed by atoms with Crippen LogP contribution in [0.2, 0.25) is 0 Å². The molecule has 0 fully saturated rings. The first-order chi connectivity index (χ1) is 8.80. The Balaban J connectivity index is 2.30. The third-order valence-electron chi connectivity index (χ3n) is 2.32. The second kappa shape index (κ2) is 7.53. The van der Waals surface area contributed by atoms with E-state index in [1.807, 2.05) is 0 Å². The number of pyridine rings is 1. The van der Waals surface area contributed by atoms with Gasteiger partial charge in [0.2, 0.25) is 0 Å². The Hall–Kier alpha value is -0.230. The summed E-state index contributed by atoms with van der Waals surface area (Å²) in [7, 11) is 0. The lowest BCUT2D eigenvalue weighted by molar-refractivity contribution is -0.120. The number of nitrogens with zero attached hydrogens (tertiary/aromatic N) is 1. The van der Waals surface area contributed by atoms with Gasteiger partial charge >= 0.3 is 0 Å². The number of carbonyl (C=O) groups excluding carboxylic acids is 1. The van der Waals surface area contributed by atoms with E-state index in [1.165, 1.54) is 6.07 Å². The molecule has 1 aromatic heterocycles. The van der Waals surface area contributed by atoms with Crippen LogP contribution in [0.4, 0.5) is 0 Å². The van der Waals surface area contributed by atoms with Crippen molar-refractivity contribution in [1.29, 1.82) is 0 Å². The molecule has 0 aromatic carbocycles. The normalized spacial score (nSPS) is 11.4. The Bertz CT molecular complexity index is 499. The highest BCUT2D eigenvalue weighted by atomic mass is 79.9. The quantitative estimate of drug-likeness (QED) is 0.621. The molecule has 0 bridgehead atoms. The minimum Gasteiger partial charge on any atom is -0.352 e. The number of amides is 1. The van der Waals surface area contributed by atoms with E-state index in [-0.39, 0.29) is 5.56 Å². The van der Waals surface area contributed by atoms with E-state index in [9.17, 15) is 9.59 Å². The summed E-state index contributed by atoms with van der Waals surface area (Å²) in [4.78, 5) is 22.7. The van der Waals surface area contributed by atoms with E-state index in [4.69, 9.17) is 34.8 Å². The molecule has 1 heterocycles. The van der Waals surface area contributed by atoms with Crippen molar-refractivity contribution in [3.8, 4) is 0 Å². The zero-order valence-electron chi connectivity index (χ0n) is 9.84. The number of unbranched alkanes of at least 4 members (excludes halogenated alkanes) is 1. The van der Waals surface area contributed by atoms with Gasteiger partial charge in [-0.3, -0.25) is 9.59 Å². The molecule has 1 rings (SSSR count). The van der Waals surface area contributed by atoms with E-state index in [0.717, 1.165) is 10.9 Å². The fourth-order valence-electron chi connectivity index (χ4n) is 1.39. The van der Waals surface area contributed by atoms with Crippen molar-refractivity contribution in [3.05, 3.63) is 33.2 Å². The molecule has 0 radical (unpaired) electrons. The number of carbonyl (C=O) groups is 1. The molecule has 19 heavy (non-hydrogen) atoms. The van der Waals surface area contributed by atoms with Gasteiger partial charge in [0.05, 0.1) is 0 Å². The van der Waals surface area contributed by atoms with Crippen LogP contribution in [-0.2, 0) is 11.3 Å². The van der Waals surface area contributed by atoms with Crippen LogP contribution in [0.1, 0.15) is 12.8 Å². The molecular weight excluding hydrogens is 378 g/mol. The zero-order valence-corrected chi connectivity index (χ0v) is 13.7. The Kier molecular flexibility index (Phi) is 6.66. The molecule has 4 nitrogen and oxygen atoms in total. The van der Waals surface area contributed by atoms with Crippen molar-refractivity contribution in [2.24, 2.45) is 0 Å². The van der Waals surface area contributed by atoms with Crippen LogP contribution in [-0.4, -0.2) is 20.8 Å². The van der Waals surface area contributed by atoms with Crippen molar-refractivity contribution >= 4 is 56.6 Å². The lowest BCUT2D eigenvalue weighted by atomic mass is 10.3. The zero-order chi connectivity index (χ0) is 14.5. The Labute approximate surface area is 134 Å². The van der Waals surface area contributed by atoms with Gasteiger partial charge in [-0.15, -0.1) is 0 Å². The molecule has 8 heteroatoms. The van der Waals surface area contributed by atoms with Crippen molar-refractivity contribution in [3.63, 3.8) is 0 Å². The number of nitrogens with one attached hydrogen (secondary N) is 1. The minimum atomic E-state index is -1.93. The Morgan fingerprint density at radius 1 is 1.32 bits per heavy atom. The molecule has 0 aliphatic heterocycles. The minimum absolute atomic E-state index is 0.0615. The van der Waals surface area contributed by atoms with Crippen LogP contribution in [0.5, 0.6) is 0 Å². The molecule has 0 spiro atoms. The van der Waals surface area contributed by atoms with E-state index in [2.05, 4.69) is 21.2 Å². The molecule has 1 N–H and O–H groups in total. The van der Waals surface area contributed by atoms with Crippen molar-refractivity contribution in [2.45, 2.75) is 23.2 Å². The van der Waals surface area contributed by atoms with E-state index < -0.39 is 9.70 Å². The third-order valence-corrected chi connectivity index (χ3v) is 3.30. The molecule has 1 aromatic rings. The SMILES string of the molecule is O=C(NCCCCn1cc(Br)ccc1=O)C(Cl)(Cl)Cl. The van der Waals surface area contributed by atoms with Crippen molar-refractivity contribution in [2.75, 3.05) is 6.54 Å². The summed E-state index contributed by atoms with van der Waals surface area (Å²) < 4.78 is 0.513. The molecule has 0 atom stereocenters. The number of aromatic nitrogens is 1. The predicted molar refractivity (Wildman–Crippen MR) is 80.9 cm³/mol. The Morgan fingerprint density at radius 3 is 2.63 bits per heavy atom. The average Bonchev–Trinajstić information content (AvgIpc) is 2.31. The number of halogens is 4. The smallest absolute Gasteiger partial charge is 0.272 e. The van der Waals surface area contributed by atoms with Crippen LogP contribution < -0.4 is 10.9 Å². The number of hydrogen-bond acceptors (Lipinski definition) is 2. The molecule has 0 saturated heterocycles. The van der Waals surface area contributed by atoms with Gasteiger partial charge in [0.15, 0.2) is 0 Å². The van der Waals surface area contributed by atoms with Crippen molar-refractivity contribution in [1.82, 2.24) is 9.88 Å². The van der Waals surface area contributed by atoms with Crippen molar-refractivity contribution < 1.29 is 4.79 Å². The molecule has 0 saturated carbocycles. The van der Waals surface area contributed by atoms with Gasteiger partial charge in [-0.05, 0) is 34.8 Å². The van der Waals surface area contributed by atoms with Gasteiger partial charge in [0.25, 0.3) is 15.3 Å². The first kappa shape index (κ1) is 16.8. The fraction of sp³-hybridized carbons (Fsp3) is 0.455. The van der Waals surface area contributed by atoms with Crippen LogP contribution in [0.3, 0.4) is 0 Å². The van der Waals surface area contributed by atoms with Crippen LogP contribution in [0.25, 0.3) is 0 Å². The lowest BCUT2D eigenvalue weighted by Crippen LogP contribution is -2.35. The largest absolute Gasteiger partial charge is 0.352 e. The maximum atomic E-state index is 11.5. The summed E-state index contributed by atoms with van der Waals surface area (Å²) in [5.74, 6) is -0.642. The van der Waals surface area contributed by atoms with Gasteiger partial charge in [-0.2, -0.15) is 0 Å². The van der Waals surface area contributed by atoms with E-state index in [1.54, 1.807) is 16.8 Å². The number of aryl methyl sites for hydroxylation is 1. The first-order valence-corrected chi connectivity index (χ1v) is 7.44. The number of hydrogen-bond donors (Lipinski definition) is 1. The summed E-state index contributed by atoms with van der Waals surface area (Å²) in [5, 5.41) is 2.50. The highest BCUT2D eigenvalue weighted by molar-refractivity contribution is 9.10. The highest BCUT2D eigenvalue weighted by Gasteiger charge is 2.29. The van der Waals surface area contributed by atoms with Gasteiger partial charge in [-0.25, -0.2) is 0 Å². The molecule has 106 valence electrons. The summed E-state index contributed by atoms with van der Waals surface area (Å²) in [6.07, 6.45) is 3.14. The summed E-state index contributed by atoms with van der Waals surface area (Å²) >= 11 is 19.5. The van der Waals surface area contributed by atoms with Crippen LogP contribution in [0.15, 0.2) is 27.6 Å². The van der Waals surface area contributed by atoms with Crippen LogP contribution in [0, 0.1) is 0 Å². The average molecular weight is 390 g/mol. The second-order valence-electron chi connectivity index (χ2n) is 3.84. The number of rotatable bonds is 5. The highest BCUT2D eigenvalue weighted by Crippen LogP contribution is 2.25. The molecule has 0 aliphatic carbocycles. The van der Waals surface area contributed by atoms with Gasteiger partial charge in [0.1, 0.15) is 0 Å². The molecule has 1 amide bonds. The van der Waals surface area contributed by atoms with Gasteiger partial charge < -0.3 is 9.88 Å². The van der Waals surface area contributed by atoms with E-state index in [0.29, 0.717) is 19.5 Å². The fourth-order valence-corrected chi connectivity index (χ4v) is 1.97. The predicted octanol–water partition coefficient (Wildman–Crippen LogP) is 2.88. The van der Waals surface area contributed by atoms with Gasteiger partial charge in [0, 0.05) is 29.8 Å². The maximum Gasteiger partial charge on any atom is 0.272 e. The van der Waals surface area contributed by atoms with Crippen LogP contribution >= 0.6 is 50.7 Å². The van der Waals surface area contributed by atoms with E-state index >= 15 is 0 Å². The van der Waals surface area contributed by atoms with Gasteiger partial charge in [-0.1, -0.05) is 34.8 Å². The summed E-state index contributed by atoms with van der Waals surface area (Å²) in [6.45, 7) is 0.970. The first-order valence-electron chi connectivity index (χ1n) is 5.52. The monoisotopic (exact) mass is 388 g/mol. The lowest BCUT2D eigenvalue weighted by Gasteiger charge is -2.11. The Morgan fingerprint density at radius 2 is 2.00 bits per heavy atom. The second-order valence-corrected chi connectivity index (χ2v) is 7.04. The molecule has 0 aliphatic rings. The molecule has 0 unspecified atom stereocenters. The third kappa shape index (κ3) is 6.17. The maximum absolute atomic E-state index is 11.5.